The van der Waals surface area contributed by atoms with Crippen LogP contribution in [0.1, 0.15) is 17.8 Å². The van der Waals surface area contributed by atoms with Crippen LogP contribution in [0.2, 0.25) is 0 Å². The van der Waals surface area contributed by atoms with Crippen molar-refractivity contribution in [2.45, 2.75) is 19.5 Å². The molecule has 1 rings (SSSR count). The second-order valence-corrected chi connectivity index (χ2v) is 2.97. The van der Waals surface area contributed by atoms with Crippen molar-refractivity contribution in [3.05, 3.63) is 11.4 Å². The number of methoxy groups -OCH3 is 1. The highest BCUT2D eigenvalue weighted by Gasteiger charge is 2.20. The summed E-state index contributed by atoms with van der Waals surface area (Å²) < 4.78 is 31.4. The SMILES string of the molecule is CNCc1nnn(CCOC)c1C(F)F. The first-order valence-electron chi connectivity index (χ1n) is 4.54. The summed E-state index contributed by atoms with van der Waals surface area (Å²) in [5.41, 5.74) is 0.144. The average Bonchev–Trinajstić information content (AvgIpc) is 2.58. The molecule has 0 aromatic carbocycles. The van der Waals surface area contributed by atoms with E-state index >= 15 is 0 Å². The van der Waals surface area contributed by atoms with Crippen LogP contribution in [0.5, 0.6) is 0 Å². The van der Waals surface area contributed by atoms with Crippen LogP contribution >= 0.6 is 0 Å². The van der Waals surface area contributed by atoms with Gasteiger partial charge in [-0.3, -0.25) is 0 Å². The van der Waals surface area contributed by atoms with Crippen LogP contribution in [0, 0.1) is 0 Å². The summed E-state index contributed by atoms with van der Waals surface area (Å²) in [5, 5.41) is 10.1. The average molecular weight is 220 g/mol. The maximum Gasteiger partial charge on any atom is 0.281 e. The number of halogens is 2. The predicted octanol–water partition coefficient (Wildman–Crippen LogP) is 0.581. The van der Waals surface area contributed by atoms with Gasteiger partial charge in [0.25, 0.3) is 6.43 Å². The molecule has 0 aliphatic heterocycles. The highest BCUT2D eigenvalue weighted by atomic mass is 19.3. The summed E-state index contributed by atoms with van der Waals surface area (Å²) >= 11 is 0. The van der Waals surface area contributed by atoms with Crippen molar-refractivity contribution < 1.29 is 13.5 Å². The van der Waals surface area contributed by atoms with Gasteiger partial charge in [0.05, 0.1) is 13.2 Å². The van der Waals surface area contributed by atoms with E-state index in [1.807, 2.05) is 0 Å². The molecule has 86 valence electrons. The smallest absolute Gasteiger partial charge is 0.281 e. The van der Waals surface area contributed by atoms with Crippen molar-refractivity contribution in [3.8, 4) is 0 Å². The van der Waals surface area contributed by atoms with Crippen molar-refractivity contribution in [2.24, 2.45) is 0 Å². The Morgan fingerprint density at radius 1 is 1.53 bits per heavy atom. The van der Waals surface area contributed by atoms with Gasteiger partial charge >= 0.3 is 0 Å². The Balaban J connectivity index is 2.85. The van der Waals surface area contributed by atoms with Crippen molar-refractivity contribution in [3.63, 3.8) is 0 Å². The number of aromatic nitrogens is 3. The monoisotopic (exact) mass is 220 g/mol. The zero-order valence-corrected chi connectivity index (χ0v) is 8.70. The molecule has 15 heavy (non-hydrogen) atoms. The zero-order chi connectivity index (χ0) is 11.3. The molecule has 7 heteroatoms. The number of hydrogen-bond donors (Lipinski definition) is 1. The summed E-state index contributed by atoms with van der Waals surface area (Å²) in [4.78, 5) is 0. The predicted molar refractivity (Wildman–Crippen MR) is 49.6 cm³/mol. The number of ether oxygens (including phenoxy) is 1. The fraction of sp³-hybridized carbons (Fsp3) is 0.750. The lowest BCUT2D eigenvalue weighted by Crippen LogP contribution is -2.12. The lowest BCUT2D eigenvalue weighted by atomic mass is 10.3. The highest BCUT2D eigenvalue weighted by Crippen LogP contribution is 2.21. The van der Waals surface area contributed by atoms with Gasteiger partial charge in [0.1, 0.15) is 11.4 Å². The Labute approximate surface area is 86.4 Å². The molecule has 0 saturated heterocycles. The largest absolute Gasteiger partial charge is 0.383 e. The molecule has 0 saturated carbocycles. The first-order chi connectivity index (χ1) is 7.20. The number of rotatable bonds is 6. The van der Waals surface area contributed by atoms with Crippen molar-refractivity contribution in [1.29, 1.82) is 0 Å². The first kappa shape index (κ1) is 12.0. The molecule has 1 aromatic heterocycles. The molecule has 0 aliphatic carbocycles. The highest BCUT2D eigenvalue weighted by molar-refractivity contribution is 5.11. The molecule has 1 heterocycles. The van der Waals surface area contributed by atoms with Crippen LogP contribution in [0.3, 0.4) is 0 Å². The Hall–Kier alpha value is -1.08. The van der Waals surface area contributed by atoms with E-state index < -0.39 is 6.43 Å². The minimum Gasteiger partial charge on any atom is -0.383 e. The van der Waals surface area contributed by atoms with E-state index in [2.05, 4.69) is 15.6 Å². The van der Waals surface area contributed by atoms with Gasteiger partial charge in [0.15, 0.2) is 0 Å². The second-order valence-electron chi connectivity index (χ2n) is 2.97. The molecule has 1 N–H and O–H groups in total. The van der Waals surface area contributed by atoms with Gasteiger partial charge in [0, 0.05) is 13.7 Å². The quantitative estimate of drug-likeness (QED) is 0.762. The van der Waals surface area contributed by atoms with E-state index in [4.69, 9.17) is 4.74 Å². The van der Waals surface area contributed by atoms with Crippen LogP contribution in [-0.4, -0.2) is 35.8 Å². The normalized spacial score (nSPS) is 11.3. The van der Waals surface area contributed by atoms with E-state index in [-0.39, 0.29) is 24.5 Å². The molecular formula is C8H14F2N4O. The van der Waals surface area contributed by atoms with Crippen molar-refractivity contribution >= 4 is 0 Å². The Morgan fingerprint density at radius 3 is 2.80 bits per heavy atom. The maximum absolute atomic E-state index is 12.7. The zero-order valence-electron chi connectivity index (χ0n) is 8.70. The van der Waals surface area contributed by atoms with Gasteiger partial charge in [-0.1, -0.05) is 5.21 Å². The van der Waals surface area contributed by atoms with Crippen LogP contribution in [-0.2, 0) is 17.8 Å². The Morgan fingerprint density at radius 2 is 2.27 bits per heavy atom. The van der Waals surface area contributed by atoms with Gasteiger partial charge in [-0.05, 0) is 7.05 Å². The third kappa shape index (κ3) is 2.93. The lowest BCUT2D eigenvalue weighted by molar-refractivity contribution is 0.130. The summed E-state index contributed by atoms with van der Waals surface area (Å²) in [6, 6.07) is 0. The maximum atomic E-state index is 12.7. The molecule has 0 unspecified atom stereocenters. The number of hydrogen-bond acceptors (Lipinski definition) is 4. The summed E-state index contributed by atoms with van der Waals surface area (Å²) in [7, 11) is 3.18. The molecule has 0 bridgehead atoms. The van der Waals surface area contributed by atoms with E-state index in [0.29, 0.717) is 6.61 Å². The molecule has 0 aliphatic rings. The molecule has 0 radical (unpaired) electrons. The van der Waals surface area contributed by atoms with E-state index in [1.54, 1.807) is 7.05 Å². The van der Waals surface area contributed by atoms with E-state index in [0.717, 1.165) is 0 Å². The Bertz CT molecular complexity index is 303. The van der Waals surface area contributed by atoms with Gasteiger partial charge < -0.3 is 10.1 Å². The second kappa shape index (κ2) is 5.72. The Kier molecular flexibility index (Phi) is 4.57. The van der Waals surface area contributed by atoms with Crippen molar-refractivity contribution in [2.75, 3.05) is 20.8 Å². The lowest BCUT2D eigenvalue weighted by Gasteiger charge is -2.06. The van der Waals surface area contributed by atoms with Crippen LogP contribution in [0.15, 0.2) is 0 Å². The summed E-state index contributed by atoms with van der Waals surface area (Å²) in [5.74, 6) is 0. The topological polar surface area (TPSA) is 52.0 Å². The van der Waals surface area contributed by atoms with Gasteiger partial charge in [-0.25, -0.2) is 13.5 Å². The third-order valence-corrected chi connectivity index (χ3v) is 1.91. The summed E-state index contributed by atoms with van der Waals surface area (Å²) in [6.07, 6.45) is -2.57. The molecule has 0 spiro atoms. The first-order valence-corrected chi connectivity index (χ1v) is 4.54. The van der Waals surface area contributed by atoms with Gasteiger partial charge in [-0.2, -0.15) is 0 Å². The summed E-state index contributed by atoms with van der Waals surface area (Å²) in [6.45, 7) is 0.904. The molecule has 1 aromatic rings. The molecule has 0 amide bonds. The van der Waals surface area contributed by atoms with E-state index in [9.17, 15) is 8.78 Å². The molecule has 0 atom stereocenters. The van der Waals surface area contributed by atoms with Crippen LogP contribution in [0.25, 0.3) is 0 Å². The fourth-order valence-electron chi connectivity index (χ4n) is 1.23. The minimum atomic E-state index is -2.57. The van der Waals surface area contributed by atoms with Gasteiger partial charge in [0.2, 0.25) is 0 Å². The third-order valence-electron chi connectivity index (χ3n) is 1.91. The number of alkyl halides is 2. The number of nitrogens with one attached hydrogen (secondary N) is 1. The fourth-order valence-corrected chi connectivity index (χ4v) is 1.23. The molecule has 0 fully saturated rings. The van der Waals surface area contributed by atoms with Crippen molar-refractivity contribution in [1.82, 2.24) is 20.3 Å². The van der Waals surface area contributed by atoms with Crippen LogP contribution in [0.4, 0.5) is 8.78 Å². The minimum absolute atomic E-state index is 0.138. The molecule has 5 nitrogen and oxygen atoms in total. The van der Waals surface area contributed by atoms with Gasteiger partial charge in [-0.15, -0.1) is 5.10 Å². The molecular weight excluding hydrogens is 206 g/mol. The van der Waals surface area contributed by atoms with Crippen LogP contribution < -0.4 is 5.32 Å². The number of nitrogens with zero attached hydrogens (tertiary/aromatic N) is 3. The van der Waals surface area contributed by atoms with E-state index in [1.165, 1.54) is 11.8 Å². The standard InChI is InChI=1S/C8H14F2N4O/c1-11-5-6-7(8(9)10)14(13-12-6)3-4-15-2/h8,11H,3-5H2,1-2H3.